The molecule has 9 aromatic carbocycles. The molecule has 0 aliphatic rings. The van der Waals surface area contributed by atoms with Gasteiger partial charge < -0.3 is 9.13 Å². The Bertz CT molecular complexity index is 4160. The highest BCUT2D eigenvalue weighted by Gasteiger charge is 2.26. The van der Waals surface area contributed by atoms with E-state index in [0.717, 1.165) is 66.8 Å². The molecule has 0 atom stereocenters. The van der Waals surface area contributed by atoms with Crippen LogP contribution in [-0.2, 0) is 0 Å². The monoisotopic (exact) mass is 924 g/mol. The van der Waals surface area contributed by atoms with Gasteiger partial charge >= 0.3 is 0 Å². The predicted octanol–water partition coefficient (Wildman–Crippen LogP) is 16.7. The van der Waals surface area contributed by atoms with Crippen molar-refractivity contribution in [1.29, 1.82) is 0 Å². The van der Waals surface area contributed by atoms with Crippen LogP contribution in [0.1, 0.15) is 22.3 Å². The number of hydrogen-bond donors (Lipinski definition) is 0. The van der Waals surface area contributed by atoms with Gasteiger partial charge in [0, 0.05) is 50.0 Å². The Morgan fingerprint density at radius 1 is 0.306 bits per heavy atom. The Hall–Kier alpha value is -9.26. The number of para-hydroxylation sites is 2. The van der Waals surface area contributed by atoms with Crippen molar-refractivity contribution in [3.8, 4) is 79.0 Å². The van der Waals surface area contributed by atoms with Gasteiger partial charge in [0.05, 0.1) is 39.1 Å². The number of nitrogens with zero attached hydrogens (tertiary/aromatic N) is 6. The van der Waals surface area contributed by atoms with Crippen molar-refractivity contribution in [2.75, 3.05) is 0 Å². The van der Waals surface area contributed by atoms with E-state index in [4.69, 9.17) is 19.9 Å². The zero-order valence-electron chi connectivity index (χ0n) is 40.5. The second-order valence-corrected chi connectivity index (χ2v) is 19.0. The van der Waals surface area contributed by atoms with Crippen molar-refractivity contribution in [1.82, 2.24) is 29.1 Å². The summed E-state index contributed by atoms with van der Waals surface area (Å²) in [4.78, 5) is 21.3. The molecule has 0 saturated carbocycles. The highest BCUT2D eigenvalue weighted by Crippen LogP contribution is 2.45. The summed E-state index contributed by atoms with van der Waals surface area (Å²) in [5.74, 6) is 1.74. The third-order valence-corrected chi connectivity index (χ3v) is 13.9. The zero-order valence-corrected chi connectivity index (χ0v) is 40.5. The molecule has 0 N–H and O–H groups in total. The number of hydrogen-bond acceptors (Lipinski definition) is 4. The van der Waals surface area contributed by atoms with Crippen molar-refractivity contribution in [3.05, 3.63) is 241 Å². The summed E-state index contributed by atoms with van der Waals surface area (Å²) in [7, 11) is 0. The third-order valence-electron chi connectivity index (χ3n) is 13.9. The maximum Gasteiger partial charge on any atom is 0.164 e. The highest BCUT2D eigenvalue weighted by atomic mass is 15.0. The predicted molar refractivity (Wildman–Crippen MR) is 298 cm³/mol. The molecule has 0 saturated heterocycles. The van der Waals surface area contributed by atoms with Gasteiger partial charge in [-0.3, -0.25) is 4.98 Å². The van der Waals surface area contributed by atoms with Crippen LogP contribution in [-0.4, -0.2) is 29.1 Å². The maximum atomic E-state index is 5.45. The minimum absolute atomic E-state index is 0.550. The van der Waals surface area contributed by atoms with Crippen molar-refractivity contribution < 1.29 is 0 Å². The van der Waals surface area contributed by atoms with Crippen LogP contribution in [0.25, 0.3) is 123 Å². The van der Waals surface area contributed by atoms with E-state index in [9.17, 15) is 0 Å². The standard InChI is InChI=1S/C66H48N6/c1-41-33-42(2)36-49(35-41)47-28-30-58-54(39-47)51-21-11-13-24-56(51)71(58)60-26-15-23-53(66-69-64(45-17-7-5-8-18-45)68-65(70-66)46-19-9-6-10-20-46)62(60)63-61(27-16-32-67-63)72-57-25-14-12-22-52(57)55-40-48(29-31-59(55)72)50-37-43(3)34-44(4)38-50/h5-40H,1-4H3. The SMILES string of the molecule is Cc1cc(C)cc(-c2ccc3c(c2)c2ccccc2n3-c2cccnc2-c2c(-c3nc(-c4ccccc4)nc(-c4ccccc4)n3)cccc2-n2c3ccccc3c3cc(-c4cc(C)cc(C)c4)ccc32)c1. The van der Waals surface area contributed by atoms with Gasteiger partial charge in [-0.15, -0.1) is 0 Å². The molecule has 6 nitrogen and oxygen atoms in total. The summed E-state index contributed by atoms with van der Waals surface area (Å²) in [5, 5.41) is 4.67. The molecule has 0 amide bonds. The number of pyridine rings is 1. The summed E-state index contributed by atoms with van der Waals surface area (Å²) in [6.07, 6.45) is 1.91. The molecule has 13 aromatic rings. The van der Waals surface area contributed by atoms with Crippen molar-refractivity contribution in [2.24, 2.45) is 0 Å². The van der Waals surface area contributed by atoms with Crippen LogP contribution in [0.5, 0.6) is 0 Å². The van der Waals surface area contributed by atoms with E-state index in [0.29, 0.717) is 17.5 Å². The van der Waals surface area contributed by atoms with Crippen LogP contribution in [0.15, 0.2) is 219 Å². The molecule has 0 aliphatic heterocycles. The molecule has 0 fully saturated rings. The first-order valence-electron chi connectivity index (χ1n) is 24.5. The van der Waals surface area contributed by atoms with Gasteiger partial charge in [0.1, 0.15) is 0 Å². The van der Waals surface area contributed by atoms with Gasteiger partial charge in [0.2, 0.25) is 0 Å². The van der Waals surface area contributed by atoms with E-state index in [-0.39, 0.29) is 0 Å². The Kier molecular flexibility index (Phi) is 10.3. The molecule has 72 heavy (non-hydrogen) atoms. The summed E-state index contributed by atoms with van der Waals surface area (Å²) in [5.41, 5.74) is 20.3. The minimum atomic E-state index is 0.550. The van der Waals surface area contributed by atoms with Gasteiger partial charge in [0.15, 0.2) is 17.5 Å². The van der Waals surface area contributed by atoms with Gasteiger partial charge in [-0.25, -0.2) is 15.0 Å². The molecular weight excluding hydrogens is 877 g/mol. The quantitative estimate of drug-likeness (QED) is 0.152. The van der Waals surface area contributed by atoms with Gasteiger partial charge in [0.25, 0.3) is 0 Å². The number of rotatable bonds is 8. The summed E-state index contributed by atoms with van der Waals surface area (Å²) >= 11 is 0. The fourth-order valence-corrected chi connectivity index (χ4v) is 11.0. The Morgan fingerprint density at radius 3 is 1.28 bits per heavy atom. The van der Waals surface area contributed by atoms with E-state index in [1.165, 1.54) is 60.7 Å². The molecule has 0 radical (unpaired) electrons. The molecule has 4 heterocycles. The van der Waals surface area contributed by atoms with Crippen molar-refractivity contribution in [3.63, 3.8) is 0 Å². The number of fused-ring (bicyclic) bond motifs is 6. The smallest absolute Gasteiger partial charge is 0.164 e. The molecular formula is C66H48N6. The van der Waals surface area contributed by atoms with E-state index >= 15 is 0 Å². The Balaban J connectivity index is 1.12. The van der Waals surface area contributed by atoms with Gasteiger partial charge in [-0.05, 0) is 105 Å². The lowest BCUT2D eigenvalue weighted by atomic mass is 9.98. The summed E-state index contributed by atoms with van der Waals surface area (Å²) in [6, 6.07) is 75.9. The maximum absolute atomic E-state index is 5.45. The third kappa shape index (κ3) is 7.35. The second kappa shape index (κ2) is 17.3. The lowest BCUT2D eigenvalue weighted by molar-refractivity contribution is 1.07. The van der Waals surface area contributed by atoms with Crippen LogP contribution < -0.4 is 0 Å². The van der Waals surface area contributed by atoms with Crippen LogP contribution in [0.3, 0.4) is 0 Å². The molecule has 342 valence electrons. The zero-order chi connectivity index (χ0) is 48.5. The normalized spacial score (nSPS) is 11.6. The second-order valence-electron chi connectivity index (χ2n) is 19.0. The largest absolute Gasteiger partial charge is 0.309 e. The molecule has 0 aliphatic carbocycles. The fraction of sp³-hybridized carbons (Fsp3) is 0.0606. The van der Waals surface area contributed by atoms with E-state index in [1.54, 1.807) is 0 Å². The minimum Gasteiger partial charge on any atom is -0.309 e. The first-order valence-corrected chi connectivity index (χ1v) is 24.5. The van der Waals surface area contributed by atoms with Crippen LogP contribution in [0.4, 0.5) is 0 Å². The fourth-order valence-electron chi connectivity index (χ4n) is 11.0. The van der Waals surface area contributed by atoms with E-state index in [2.05, 4.69) is 207 Å². The molecule has 4 aromatic heterocycles. The molecule has 0 bridgehead atoms. The molecule has 0 spiro atoms. The van der Waals surface area contributed by atoms with Crippen molar-refractivity contribution >= 4 is 43.6 Å². The molecule has 6 heteroatoms. The van der Waals surface area contributed by atoms with Crippen LogP contribution in [0, 0.1) is 27.7 Å². The lowest BCUT2D eigenvalue weighted by Crippen LogP contribution is -2.06. The van der Waals surface area contributed by atoms with Crippen molar-refractivity contribution in [2.45, 2.75) is 27.7 Å². The topological polar surface area (TPSA) is 61.4 Å². The van der Waals surface area contributed by atoms with Crippen LogP contribution >= 0.6 is 0 Å². The molecule has 13 rings (SSSR count). The summed E-state index contributed by atoms with van der Waals surface area (Å²) < 4.78 is 4.80. The Labute approximate surface area is 418 Å². The average Bonchev–Trinajstić information content (AvgIpc) is 3.92. The number of benzene rings is 9. The number of aromatic nitrogens is 6. The van der Waals surface area contributed by atoms with E-state index in [1.807, 2.05) is 48.7 Å². The summed E-state index contributed by atoms with van der Waals surface area (Å²) in [6.45, 7) is 8.67. The van der Waals surface area contributed by atoms with Crippen LogP contribution in [0.2, 0.25) is 0 Å². The van der Waals surface area contributed by atoms with Gasteiger partial charge in [-0.1, -0.05) is 180 Å². The number of aryl methyl sites for hydroxylation is 4. The van der Waals surface area contributed by atoms with E-state index < -0.39 is 0 Å². The first-order chi connectivity index (χ1) is 35.3. The lowest BCUT2D eigenvalue weighted by Gasteiger charge is -2.20. The van der Waals surface area contributed by atoms with Gasteiger partial charge in [-0.2, -0.15) is 0 Å². The highest BCUT2D eigenvalue weighted by molar-refractivity contribution is 6.13. The average molecular weight is 925 g/mol. The molecule has 0 unspecified atom stereocenters. The Morgan fingerprint density at radius 2 is 0.750 bits per heavy atom. The first kappa shape index (κ1) is 42.8.